The van der Waals surface area contributed by atoms with Crippen molar-refractivity contribution in [3.05, 3.63) is 59.7 Å². The predicted molar refractivity (Wildman–Crippen MR) is 100 cm³/mol. The van der Waals surface area contributed by atoms with Gasteiger partial charge in [0.05, 0.1) is 14.2 Å². The van der Waals surface area contributed by atoms with E-state index in [1.54, 1.807) is 14.2 Å². The van der Waals surface area contributed by atoms with Crippen molar-refractivity contribution in [2.75, 3.05) is 20.8 Å². The maximum Gasteiger partial charge on any atom is 0.407 e. The van der Waals surface area contributed by atoms with E-state index in [1.807, 2.05) is 48.5 Å². The Bertz CT molecular complexity index is 691. The summed E-state index contributed by atoms with van der Waals surface area (Å²) in [7, 11) is 3.19. The molecule has 0 saturated carbocycles. The summed E-state index contributed by atoms with van der Waals surface area (Å²) in [5.74, 6) is 1.33. The highest BCUT2D eigenvalue weighted by molar-refractivity contribution is 5.67. The molecule has 0 aliphatic carbocycles. The molecule has 2 rings (SSSR count). The molecule has 6 nitrogen and oxygen atoms in total. The van der Waals surface area contributed by atoms with Gasteiger partial charge in [-0.3, -0.25) is 0 Å². The number of amides is 1. The van der Waals surface area contributed by atoms with Gasteiger partial charge in [0.1, 0.15) is 6.61 Å². The molecular formula is C20H26N2O4. The molecule has 2 aromatic rings. The van der Waals surface area contributed by atoms with E-state index in [1.165, 1.54) is 0 Å². The minimum Gasteiger partial charge on any atom is -0.493 e. The van der Waals surface area contributed by atoms with Crippen LogP contribution in [0.2, 0.25) is 0 Å². The first-order valence-electron chi connectivity index (χ1n) is 8.56. The molecule has 0 bridgehead atoms. The molecule has 0 spiro atoms. The molecule has 0 unspecified atom stereocenters. The molecule has 1 amide bonds. The van der Waals surface area contributed by atoms with Gasteiger partial charge < -0.3 is 25.3 Å². The van der Waals surface area contributed by atoms with E-state index in [-0.39, 0.29) is 12.6 Å². The fourth-order valence-corrected chi connectivity index (χ4v) is 2.54. The zero-order chi connectivity index (χ0) is 18.8. The van der Waals surface area contributed by atoms with Gasteiger partial charge in [0.15, 0.2) is 11.5 Å². The Labute approximate surface area is 154 Å². The molecule has 0 radical (unpaired) electrons. The van der Waals surface area contributed by atoms with Crippen molar-refractivity contribution in [1.29, 1.82) is 0 Å². The standard InChI is InChI=1S/C20H26N2O4/c1-24-18-11-10-16(13-19(18)25-2)17(21)9-6-12-22-20(23)26-14-15-7-4-3-5-8-15/h3-5,7-8,10-11,13,17H,6,9,12,14,21H2,1-2H3,(H,22,23)/t17-/m1/s1. The Morgan fingerprint density at radius 1 is 1.08 bits per heavy atom. The number of nitrogens with one attached hydrogen (secondary N) is 1. The van der Waals surface area contributed by atoms with Crippen LogP contribution in [0.3, 0.4) is 0 Å². The third kappa shape index (κ3) is 5.97. The van der Waals surface area contributed by atoms with E-state index in [0.29, 0.717) is 18.0 Å². The van der Waals surface area contributed by atoms with Crippen LogP contribution in [0, 0.1) is 0 Å². The third-order valence-electron chi connectivity index (χ3n) is 4.01. The number of methoxy groups -OCH3 is 2. The normalized spacial score (nSPS) is 11.5. The maximum absolute atomic E-state index is 11.7. The second-order valence-electron chi connectivity index (χ2n) is 5.85. The average molecular weight is 358 g/mol. The van der Waals surface area contributed by atoms with Gasteiger partial charge in [-0.2, -0.15) is 0 Å². The number of carbonyl (C=O) groups excluding carboxylic acids is 1. The SMILES string of the molecule is COc1ccc([C@H](N)CCCNC(=O)OCc2ccccc2)cc1OC. The second-order valence-corrected chi connectivity index (χ2v) is 5.85. The summed E-state index contributed by atoms with van der Waals surface area (Å²) in [4.78, 5) is 11.7. The average Bonchev–Trinajstić information content (AvgIpc) is 2.69. The lowest BCUT2D eigenvalue weighted by Crippen LogP contribution is -2.26. The molecule has 0 aromatic heterocycles. The van der Waals surface area contributed by atoms with Gasteiger partial charge in [-0.1, -0.05) is 36.4 Å². The Morgan fingerprint density at radius 3 is 2.50 bits per heavy atom. The fourth-order valence-electron chi connectivity index (χ4n) is 2.54. The molecule has 140 valence electrons. The van der Waals surface area contributed by atoms with Crippen LogP contribution in [0.25, 0.3) is 0 Å². The van der Waals surface area contributed by atoms with Gasteiger partial charge in [0.25, 0.3) is 0 Å². The first-order chi connectivity index (χ1) is 12.6. The lowest BCUT2D eigenvalue weighted by atomic mass is 10.0. The molecule has 0 saturated heterocycles. The van der Waals surface area contributed by atoms with Crippen molar-refractivity contribution in [1.82, 2.24) is 5.32 Å². The van der Waals surface area contributed by atoms with Crippen molar-refractivity contribution in [2.45, 2.75) is 25.5 Å². The monoisotopic (exact) mass is 358 g/mol. The second kappa shape index (κ2) is 10.3. The summed E-state index contributed by atoms with van der Waals surface area (Å²) in [6, 6.07) is 15.1. The summed E-state index contributed by atoms with van der Waals surface area (Å²) in [6.07, 6.45) is 1.05. The summed E-state index contributed by atoms with van der Waals surface area (Å²) in [5, 5.41) is 2.74. The number of hydrogen-bond donors (Lipinski definition) is 2. The van der Waals surface area contributed by atoms with E-state index < -0.39 is 6.09 Å². The molecule has 0 aliphatic rings. The Morgan fingerprint density at radius 2 is 1.81 bits per heavy atom. The van der Waals surface area contributed by atoms with Crippen molar-refractivity contribution in [2.24, 2.45) is 5.73 Å². The molecule has 6 heteroatoms. The van der Waals surface area contributed by atoms with Gasteiger partial charge in [-0.05, 0) is 36.1 Å². The highest BCUT2D eigenvalue weighted by Crippen LogP contribution is 2.30. The topological polar surface area (TPSA) is 82.8 Å². The minimum absolute atomic E-state index is 0.142. The number of hydrogen-bond acceptors (Lipinski definition) is 5. The van der Waals surface area contributed by atoms with Crippen LogP contribution >= 0.6 is 0 Å². The van der Waals surface area contributed by atoms with Gasteiger partial charge >= 0.3 is 6.09 Å². The summed E-state index contributed by atoms with van der Waals surface area (Å²) in [5.41, 5.74) is 8.14. The number of carbonyl (C=O) groups is 1. The number of benzene rings is 2. The van der Waals surface area contributed by atoms with Crippen LogP contribution in [0.1, 0.15) is 30.0 Å². The van der Waals surface area contributed by atoms with Gasteiger partial charge in [-0.25, -0.2) is 4.79 Å². The number of rotatable bonds is 9. The van der Waals surface area contributed by atoms with Gasteiger partial charge in [-0.15, -0.1) is 0 Å². The first-order valence-corrected chi connectivity index (χ1v) is 8.56. The van der Waals surface area contributed by atoms with Crippen molar-refractivity contribution < 1.29 is 19.0 Å². The first kappa shape index (κ1) is 19.6. The Hall–Kier alpha value is -2.73. The molecule has 0 heterocycles. The molecule has 1 atom stereocenters. The number of nitrogens with two attached hydrogens (primary N) is 1. The summed E-state index contributed by atoms with van der Waals surface area (Å²) in [6.45, 7) is 0.770. The third-order valence-corrected chi connectivity index (χ3v) is 4.01. The van der Waals surface area contributed by atoms with Crippen molar-refractivity contribution >= 4 is 6.09 Å². The van der Waals surface area contributed by atoms with E-state index in [2.05, 4.69) is 5.32 Å². The lowest BCUT2D eigenvalue weighted by Gasteiger charge is -2.15. The van der Waals surface area contributed by atoms with Crippen LogP contribution in [-0.2, 0) is 11.3 Å². The molecule has 0 fully saturated rings. The van der Waals surface area contributed by atoms with Crippen molar-refractivity contribution in [3.63, 3.8) is 0 Å². The lowest BCUT2D eigenvalue weighted by molar-refractivity contribution is 0.139. The van der Waals surface area contributed by atoms with Crippen LogP contribution in [0.4, 0.5) is 4.79 Å². The molecular weight excluding hydrogens is 332 g/mol. The maximum atomic E-state index is 11.7. The van der Waals surface area contributed by atoms with E-state index in [9.17, 15) is 4.79 Å². The van der Waals surface area contributed by atoms with Gasteiger partial charge in [0, 0.05) is 12.6 Å². The van der Waals surface area contributed by atoms with Crippen LogP contribution < -0.4 is 20.5 Å². The zero-order valence-electron chi connectivity index (χ0n) is 15.2. The quantitative estimate of drug-likeness (QED) is 0.671. The Balaban J connectivity index is 1.69. The molecule has 0 aliphatic heterocycles. The number of ether oxygens (including phenoxy) is 3. The zero-order valence-corrected chi connectivity index (χ0v) is 15.2. The van der Waals surface area contributed by atoms with E-state index >= 15 is 0 Å². The van der Waals surface area contributed by atoms with Crippen LogP contribution in [-0.4, -0.2) is 26.9 Å². The van der Waals surface area contributed by atoms with E-state index in [0.717, 1.165) is 24.0 Å². The van der Waals surface area contributed by atoms with Crippen molar-refractivity contribution in [3.8, 4) is 11.5 Å². The smallest absolute Gasteiger partial charge is 0.407 e. The number of alkyl carbamates (subject to hydrolysis) is 1. The van der Waals surface area contributed by atoms with Crippen LogP contribution in [0.15, 0.2) is 48.5 Å². The highest BCUT2D eigenvalue weighted by Gasteiger charge is 2.11. The molecule has 26 heavy (non-hydrogen) atoms. The Kier molecular flexibility index (Phi) is 7.76. The minimum atomic E-state index is -0.423. The summed E-state index contributed by atoms with van der Waals surface area (Å²) < 4.78 is 15.7. The summed E-state index contributed by atoms with van der Waals surface area (Å²) >= 11 is 0. The van der Waals surface area contributed by atoms with E-state index in [4.69, 9.17) is 19.9 Å². The molecule has 3 N–H and O–H groups in total. The molecule has 2 aromatic carbocycles. The van der Waals surface area contributed by atoms with Gasteiger partial charge in [0.2, 0.25) is 0 Å². The largest absolute Gasteiger partial charge is 0.493 e. The highest BCUT2D eigenvalue weighted by atomic mass is 16.5. The van der Waals surface area contributed by atoms with Crippen LogP contribution in [0.5, 0.6) is 11.5 Å². The predicted octanol–water partition coefficient (Wildman–Crippen LogP) is 3.41. The fraction of sp³-hybridized carbons (Fsp3) is 0.350.